The first kappa shape index (κ1) is 24.8. The summed E-state index contributed by atoms with van der Waals surface area (Å²) in [6, 6.07) is 10.8. The Hall–Kier alpha value is -3.86. The van der Waals surface area contributed by atoms with Crippen molar-refractivity contribution in [3.05, 3.63) is 41.2 Å². The molecule has 3 aromatic rings. The molecule has 194 valence electrons. The van der Waals surface area contributed by atoms with Crippen molar-refractivity contribution in [2.45, 2.75) is 18.9 Å². The second-order valence-corrected chi connectivity index (χ2v) is 9.32. The Labute approximate surface area is 219 Å². The van der Waals surface area contributed by atoms with Gasteiger partial charge < -0.3 is 29.3 Å². The summed E-state index contributed by atoms with van der Waals surface area (Å²) in [5, 5.41) is 3.63. The summed E-state index contributed by atoms with van der Waals surface area (Å²) in [6.45, 7) is 2.71. The number of hydrogen-bond acceptors (Lipinski definition) is 8. The molecule has 1 atom stereocenters. The highest BCUT2D eigenvalue weighted by atomic mass is 32.1. The van der Waals surface area contributed by atoms with E-state index in [1.54, 1.807) is 38.0 Å². The number of carbonyl (C=O) groups is 2. The third-order valence-electron chi connectivity index (χ3n) is 6.96. The van der Waals surface area contributed by atoms with Gasteiger partial charge in [0.15, 0.2) is 11.5 Å². The molecule has 1 aromatic heterocycles. The van der Waals surface area contributed by atoms with Gasteiger partial charge in [-0.05, 0) is 36.8 Å². The second kappa shape index (κ2) is 10.3. The summed E-state index contributed by atoms with van der Waals surface area (Å²) < 4.78 is 18.1. The number of aromatic nitrogens is 2. The lowest BCUT2D eigenvalue weighted by molar-refractivity contribution is -0.131. The van der Waals surface area contributed by atoms with Crippen molar-refractivity contribution in [1.82, 2.24) is 14.5 Å². The number of rotatable bonds is 7. The van der Waals surface area contributed by atoms with Gasteiger partial charge in [0.1, 0.15) is 17.6 Å². The van der Waals surface area contributed by atoms with Crippen LogP contribution in [0.5, 0.6) is 17.2 Å². The highest BCUT2D eigenvalue weighted by Crippen LogP contribution is 2.39. The van der Waals surface area contributed by atoms with Crippen molar-refractivity contribution in [3.63, 3.8) is 0 Å². The maximum absolute atomic E-state index is 13.0. The molecule has 2 amide bonds. The minimum atomic E-state index is -0.602. The van der Waals surface area contributed by atoms with E-state index < -0.39 is 6.04 Å². The molecule has 37 heavy (non-hydrogen) atoms. The van der Waals surface area contributed by atoms with E-state index in [-0.39, 0.29) is 23.0 Å². The molecule has 1 saturated heterocycles. The predicted octanol–water partition coefficient (Wildman–Crippen LogP) is 3.41. The van der Waals surface area contributed by atoms with Gasteiger partial charge in [-0.15, -0.1) is 0 Å². The monoisotopic (exact) mass is 523 g/mol. The maximum Gasteiger partial charge on any atom is 0.248 e. The number of methoxy groups -OCH3 is 3. The highest BCUT2D eigenvalue weighted by molar-refractivity contribution is 7.71. The topological polar surface area (TPSA) is 98.2 Å². The highest BCUT2D eigenvalue weighted by Gasteiger charge is 2.33. The molecule has 0 bridgehead atoms. The number of benzene rings is 2. The zero-order chi connectivity index (χ0) is 26.1. The third-order valence-corrected chi connectivity index (χ3v) is 7.25. The third kappa shape index (κ3) is 4.66. The summed E-state index contributed by atoms with van der Waals surface area (Å²) in [7, 11) is 4.75. The number of amides is 2. The first-order valence-corrected chi connectivity index (χ1v) is 12.5. The van der Waals surface area contributed by atoms with Gasteiger partial charge in [-0.3, -0.25) is 14.2 Å². The number of anilines is 2. The van der Waals surface area contributed by atoms with Gasteiger partial charge in [0.05, 0.1) is 26.8 Å². The minimum Gasteiger partial charge on any atom is -0.497 e. The van der Waals surface area contributed by atoms with E-state index in [0.717, 1.165) is 24.5 Å². The number of hydrogen-bond donors (Lipinski definition) is 1. The Bertz CT molecular complexity index is 1420. The molecule has 0 saturated carbocycles. The normalized spacial score (nSPS) is 16.9. The van der Waals surface area contributed by atoms with Gasteiger partial charge in [0.25, 0.3) is 0 Å². The molecular formula is C26H29N5O5S. The van der Waals surface area contributed by atoms with Crippen molar-refractivity contribution in [2.75, 3.05) is 57.7 Å². The molecule has 3 heterocycles. The number of piperazine rings is 1. The lowest BCUT2D eigenvalue weighted by atomic mass is 10.1. The quantitative estimate of drug-likeness (QED) is 0.471. The van der Waals surface area contributed by atoms with Crippen molar-refractivity contribution >= 4 is 46.4 Å². The van der Waals surface area contributed by atoms with Gasteiger partial charge in [0, 0.05) is 55.8 Å². The van der Waals surface area contributed by atoms with Gasteiger partial charge in [-0.1, -0.05) is 6.07 Å². The van der Waals surface area contributed by atoms with Crippen LogP contribution in [0.15, 0.2) is 36.4 Å². The predicted molar refractivity (Wildman–Crippen MR) is 142 cm³/mol. The van der Waals surface area contributed by atoms with Crippen molar-refractivity contribution < 1.29 is 23.8 Å². The fraction of sp³-hybridized carbons (Fsp3) is 0.385. The number of ether oxygens (including phenoxy) is 3. The molecule has 1 fully saturated rings. The van der Waals surface area contributed by atoms with Crippen LogP contribution in [-0.2, 0) is 9.59 Å². The van der Waals surface area contributed by atoms with E-state index in [4.69, 9.17) is 26.4 Å². The molecule has 2 aromatic carbocycles. The molecule has 11 heteroatoms. The standard InChI is InChI=1S/C26H29N5O5S/c1-34-17-6-4-5-16(13-17)29-9-11-30(12-10-29)23(32)8-7-20-25(33)28-24-18-14-21(35-2)22(36-3)15-19(18)27-26(37)31(20)24/h4-6,13-15,20H,7-12H2,1-3H3,(H,28,33). The van der Waals surface area contributed by atoms with Gasteiger partial charge in [0.2, 0.25) is 16.6 Å². The smallest absolute Gasteiger partial charge is 0.248 e. The van der Waals surface area contributed by atoms with E-state index in [1.165, 1.54) is 0 Å². The second-order valence-electron chi connectivity index (χ2n) is 8.95. The summed E-state index contributed by atoms with van der Waals surface area (Å²) in [4.78, 5) is 34.6. The molecule has 2 aliphatic heterocycles. The van der Waals surface area contributed by atoms with E-state index in [1.807, 2.05) is 29.2 Å². The average Bonchev–Trinajstić information content (AvgIpc) is 3.27. The van der Waals surface area contributed by atoms with Gasteiger partial charge in [-0.2, -0.15) is 0 Å². The molecule has 2 aliphatic rings. The SMILES string of the molecule is COc1cccc(N2CCN(C(=O)CCC3C(=O)Nc4c5cc(OC)c(OC)cc5nc(=S)n43)CC2)c1. The fourth-order valence-electron chi connectivity index (χ4n) is 4.97. The van der Waals surface area contributed by atoms with Crippen LogP contribution in [0.4, 0.5) is 11.5 Å². The molecule has 0 spiro atoms. The minimum absolute atomic E-state index is 0.0261. The van der Waals surface area contributed by atoms with Crippen LogP contribution in [0.3, 0.4) is 0 Å². The van der Waals surface area contributed by atoms with Crippen LogP contribution in [0, 0.1) is 4.77 Å². The van der Waals surface area contributed by atoms with Crippen LogP contribution in [0.2, 0.25) is 0 Å². The first-order chi connectivity index (χ1) is 17.9. The lowest BCUT2D eigenvalue weighted by Crippen LogP contribution is -2.48. The summed E-state index contributed by atoms with van der Waals surface area (Å²) >= 11 is 5.54. The van der Waals surface area contributed by atoms with E-state index in [0.29, 0.717) is 47.7 Å². The number of nitrogens with zero attached hydrogens (tertiary/aromatic N) is 4. The number of fused-ring (bicyclic) bond motifs is 3. The zero-order valence-electron chi connectivity index (χ0n) is 21.0. The van der Waals surface area contributed by atoms with Gasteiger partial charge in [-0.25, -0.2) is 4.98 Å². The molecular weight excluding hydrogens is 494 g/mol. The lowest BCUT2D eigenvalue weighted by Gasteiger charge is -2.36. The molecule has 10 nitrogen and oxygen atoms in total. The van der Waals surface area contributed by atoms with Crippen LogP contribution >= 0.6 is 12.2 Å². The molecule has 1 N–H and O–H groups in total. The summed E-state index contributed by atoms with van der Waals surface area (Å²) in [5.74, 6) is 2.25. The first-order valence-electron chi connectivity index (χ1n) is 12.1. The van der Waals surface area contributed by atoms with Gasteiger partial charge >= 0.3 is 0 Å². The Balaban J connectivity index is 1.27. The fourth-order valence-corrected chi connectivity index (χ4v) is 5.28. The average molecular weight is 524 g/mol. The maximum atomic E-state index is 13.0. The van der Waals surface area contributed by atoms with Crippen LogP contribution in [0.25, 0.3) is 10.9 Å². The molecule has 1 unspecified atom stereocenters. The van der Waals surface area contributed by atoms with Crippen molar-refractivity contribution in [2.24, 2.45) is 0 Å². The number of nitrogens with one attached hydrogen (secondary N) is 1. The van der Waals surface area contributed by atoms with E-state index in [9.17, 15) is 9.59 Å². The summed E-state index contributed by atoms with van der Waals surface area (Å²) in [6.07, 6.45) is 0.574. The van der Waals surface area contributed by atoms with Crippen molar-refractivity contribution in [1.29, 1.82) is 0 Å². The van der Waals surface area contributed by atoms with E-state index >= 15 is 0 Å². The van der Waals surface area contributed by atoms with Crippen LogP contribution in [-0.4, -0.2) is 73.8 Å². The van der Waals surface area contributed by atoms with Crippen LogP contribution < -0.4 is 24.4 Å². The Morgan fingerprint density at radius 1 is 1.05 bits per heavy atom. The Kier molecular flexibility index (Phi) is 6.88. The largest absolute Gasteiger partial charge is 0.497 e. The van der Waals surface area contributed by atoms with E-state index in [2.05, 4.69) is 15.2 Å². The molecule has 5 rings (SSSR count). The molecule has 0 aliphatic carbocycles. The zero-order valence-corrected chi connectivity index (χ0v) is 21.8. The summed E-state index contributed by atoms with van der Waals surface area (Å²) in [5.41, 5.74) is 1.67. The Morgan fingerprint density at radius 2 is 1.78 bits per heavy atom. The molecule has 0 radical (unpaired) electrons. The number of carbonyl (C=O) groups excluding carboxylic acids is 2. The van der Waals surface area contributed by atoms with Crippen molar-refractivity contribution in [3.8, 4) is 17.2 Å². The Morgan fingerprint density at radius 3 is 2.49 bits per heavy atom. The van der Waals surface area contributed by atoms with Crippen LogP contribution in [0.1, 0.15) is 18.9 Å².